The number of rotatable bonds is 4. The van der Waals surface area contributed by atoms with E-state index in [1.165, 1.54) is 16.1 Å². The number of halogens is 1. The number of alkyl halides is 1. The van der Waals surface area contributed by atoms with Gasteiger partial charge in [0.2, 0.25) is 5.88 Å². The minimum Gasteiger partial charge on any atom is -0.479 e. The Morgan fingerprint density at radius 3 is 2.81 bits per heavy atom. The van der Waals surface area contributed by atoms with E-state index in [0.717, 1.165) is 11.5 Å². The largest absolute Gasteiger partial charge is 0.479 e. The minimum absolute atomic E-state index is 0.218. The molecular formula is C14H15ClN4OS. The van der Waals surface area contributed by atoms with Crippen LogP contribution in [0.3, 0.4) is 0 Å². The van der Waals surface area contributed by atoms with Gasteiger partial charge in [0.05, 0.1) is 19.0 Å². The summed E-state index contributed by atoms with van der Waals surface area (Å²) in [5.41, 5.74) is 1.39. The van der Waals surface area contributed by atoms with Gasteiger partial charge in [-0.05, 0) is 26.0 Å². The molecule has 0 spiro atoms. The summed E-state index contributed by atoms with van der Waals surface area (Å²) >= 11 is 8.04. The Morgan fingerprint density at radius 2 is 2.19 bits per heavy atom. The molecule has 0 saturated heterocycles. The molecule has 3 aromatic heterocycles. The molecule has 5 nitrogen and oxygen atoms in total. The average Bonchev–Trinajstić information content (AvgIpc) is 3.03. The van der Waals surface area contributed by atoms with Gasteiger partial charge in [0, 0.05) is 9.75 Å². The molecule has 0 bridgehead atoms. The van der Waals surface area contributed by atoms with Gasteiger partial charge in [-0.1, -0.05) is 0 Å². The van der Waals surface area contributed by atoms with Gasteiger partial charge in [0.25, 0.3) is 0 Å². The molecule has 0 aliphatic rings. The second kappa shape index (κ2) is 5.61. The van der Waals surface area contributed by atoms with Gasteiger partial charge >= 0.3 is 0 Å². The second-order valence-electron chi connectivity index (χ2n) is 4.74. The van der Waals surface area contributed by atoms with Crippen molar-refractivity contribution in [1.29, 1.82) is 0 Å². The lowest BCUT2D eigenvalue weighted by atomic mass is 10.4. The van der Waals surface area contributed by atoms with Crippen LogP contribution in [0.4, 0.5) is 0 Å². The maximum absolute atomic E-state index is 6.28. The summed E-state index contributed by atoms with van der Waals surface area (Å²) in [4.78, 5) is 15.5. The topological polar surface area (TPSA) is 52.8 Å². The number of aryl methyl sites for hydroxylation is 1. The van der Waals surface area contributed by atoms with Crippen molar-refractivity contribution in [2.45, 2.75) is 25.8 Å². The van der Waals surface area contributed by atoms with Crippen molar-refractivity contribution in [3.63, 3.8) is 0 Å². The van der Waals surface area contributed by atoms with E-state index in [1.807, 2.05) is 11.5 Å². The van der Waals surface area contributed by atoms with Gasteiger partial charge in [0.1, 0.15) is 12.2 Å². The average molecular weight is 323 g/mol. The van der Waals surface area contributed by atoms with Crippen molar-refractivity contribution in [2.75, 3.05) is 7.11 Å². The van der Waals surface area contributed by atoms with Crippen LogP contribution in [-0.2, 0) is 6.54 Å². The molecule has 3 heterocycles. The molecule has 0 amide bonds. The van der Waals surface area contributed by atoms with Crippen LogP contribution >= 0.6 is 22.9 Å². The third-order valence-corrected chi connectivity index (χ3v) is 4.37. The van der Waals surface area contributed by atoms with E-state index < -0.39 is 0 Å². The Labute approximate surface area is 131 Å². The number of imidazole rings is 1. The third kappa shape index (κ3) is 2.61. The Balaban J connectivity index is 2.16. The van der Waals surface area contributed by atoms with Crippen molar-refractivity contribution < 1.29 is 4.74 Å². The number of hydrogen-bond acceptors (Lipinski definition) is 5. The molecule has 0 fully saturated rings. The monoisotopic (exact) mass is 322 g/mol. The summed E-state index contributed by atoms with van der Waals surface area (Å²) in [5.74, 6) is 1.25. The van der Waals surface area contributed by atoms with E-state index >= 15 is 0 Å². The fraction of sp³-hybridized carbons (Fsp3) is 0.357. The summed E-state index contributed by atoms with van der Waals surface area (Å²) in [5, 5.41) is -0.218. The van der Waals surface area contributed by atoms with Crippen LogP contribution in [0, 0.1) is 6.92 Å². The van der Waals surface area contributed by atoms with Crippen LogP contribution < -0.4 is 4.74 Å². The first-order valence-electron chi connectivity index (χ1n) is 6.54. The molecular weight excluding hydrogens is 308 g/mol. The molecule has 1 unspecified atom stereocenters. The van der Waals surface area contributed by atoms with Crippen LogP contribution in [0.25, 0.3) is 11.2 Å². The molecule has 0 aromatic carbocycles. The first kappa shape index (κ1) is 14.3. The van der Waals surface area contributed by atoms with E-state index in [-0.39, 0.29) is 5.38 Å². The molecule has 21 heavy (non-hydrogen) atoms. The van der Waals surface area contributed by atoms with Crippen molar-refractivity contribution in [3.8, 4) is 5.88 Å². The summed E-state index contributed by atoms with van der Waals surface area (Å²) in [6.07, 6.45) is 1.49. The Kier molecular flexibility index (Phi) is 3.82. The smallest absolute Gasteiger partial charge is 0.245 e. The van der Waals surface area contributed by atoms with E-state index in [2.05, 4.69) is 34.0 Å². The molecule has 0 radical (unpaired) electrons. The highest BCUT2D eigenvalue weighted by Crippen LogP contribution is 2.29. The van der Waals surface area contributed by atoms with Crippen molar-refractivity contribution >= 4 is 34.1 Å². The van der Waals surface area contributed by atoms with Crippen molar-refractivity contribution in [3.05, 3.63) is 34.0 Å². The third-order valence-electron chi connectivity index (χ3n) is 3.19. The van der Waals surface area contributed by atoms with Crippen molar-refractivity contribution in [2.24, 2.45) is 0 Å². The molecule has 0 aliphatic carbocycles. The molecule has 0 saturated carbocycles. The predicted molar refractivity (Wildman–Crippen MR) is 84.3 cm³/mol. The Bertz CT molecular complexity index is 780. The minimum atomic E-state index is -0.218. The van der Waals surface area contributed by atoms with Crippen LogP contribution in [0.15, 0.2) is 18.5 Å². The van der Waals surface area contributed by atoms with E-state index in [1.54, 1.807) is 18.4 Å². The van der Waals surface area contributed by atoms with Crippen LogP contribution in [0.2, 0.25) is 0 Å². The normalized spacial score (nSPS) is 12.8. The van der Waals surface area contributed by atoms with Crippen LogP contribution in [0.5, 0.6) is 5.88 Å². The highest BCUT2D eigenvalue weighted by molar-refractivity contribution is 7.11. The van der Waals surface area contributed by atoms with Gasteiger partial charge in [-0.15, -0.1) is 22.9 Å². The standard InChI is InChI=1S/C14H15ClN4OS/c1-8-4-5-10(21-8)6-19-12(9(2)15)18-11-13(19)16-7-17-14(11)20-3/h4-5,7,9H,6H2,1-3H3. The molecule has 7 heteroatoms. The zero-order chi connectivity index (χ0) is 15.0. The number of ether oxygens (including phenoxy) is 1. The van der Waals surface area contributed by atoms with Gasteiger partial charge in [-0.25, -0.2) is 9.97 Å². The van der Waals surface area contributed by atoms with E-state index in [9.17, 15) is 0 Å². The quantitative estimate of drug-likeness (QED) is 0.689. The number of methoxy groups -OCH3 is 1. The summed E-state index contributed by atoms with van der Waals surface area (Å²) in [6, 6.07) is 4.23. The number of nitrogens with zero attached hydrogens (tertiary/aromatic N) is 4. The zero-order valence-corrected chi connectivity index (χ0v) is 13.6. The lowest BCUT2D eigenvalue weighted by Gasteiger charge is -2.08. The SMILES string of the molecule is COc1ncnc2c1nc(C(C)Cl)n2Cc1ccc(C)s1. The molecule has 110 valence electrons. The van der Waals surface area contributed by atoms with Crippen LogP contribution in [0.1, 0.15) is 27.9 Å². The van der Waals surface area contributed by atoms with E-state index in [4.69, 9.17) is 16.3 Å². The summed E-state index contributed by atoms with van der Waals surface area (Å²) in [7, 11) is 1.58. The summed E-state index contributed by atoms with van der Waals surface area (Å²) in [6.45, 7) is 4.69. The van der Waals surface area contributed by atoms with E-state index in [0.29, 0.717) is 17.9 Å². The maximum Gasteiger partial charge on any atom is 0.245 e. The van der Waals surface area contributed by atoms with Gasteiger partial charge in [-0.3, -0.25) is 0 Å². The fourth-order valence-corrected chi connectivity index (χ4v) is 3.31. The lowest BCUT2D eigenvalue weighted by Crippen LogP contribution is -2.05. The first-order chi connectivity index (χ1) is 10.1. The molecule has 3 aromatic rings. The Morgan fingerprint density at radius 1 is 1.38 bits per heavy atom. The highest BCUT2D eigenvalue weighted by Gasteiger charge is 2.19. The Hall–Kier alpha value is -1.66. The number of fused-ring (bicyclic) bond motifs is 1. The van der Waals surface area contributed by atoms with Gasteiger partial charge in [0.15, 0.2) is 11.2 Å². The number of thiophene rings is 1. The van der Waals surface area contributed by atoms with Crippen LogP contribution in [-0.4, -0.2) is 26.6 Å². The van der Waals surface area contributed by atoms with Gasteiger partial charge < -0.3 is 9.30 Å². The molecule has 0 aliphatic heterocycles. The maximum atomic E-state index is 6.28. The molecule has 1 atom stereocenters. The zero-order valence-electron chi connectivity index (χ0n) is 12.0. The number of aromatic nitrogens is 4. The first-order valence-corrected chi connectivity index (χ1v) is 7.80. The molecule has 3 rings (SSSR count). The number of hydrogen-bond donors (Lipinski definition) is 0. The highest BCUT2D eigenvalue weighted by atomic mass is 35.5. The predicted octanol–water partition coefficient (Wildman–Crippen LogP) is 3.55. The fourth-order valence-electron chi connectivity index (χ4n) is 2.27. The van der Waals surface area contributed by atoms with Crippen molar-refractivity contribution in [1.82, 2.24) is 19.5 Å². The molecule has 0 N–H and O–H groups in total. The summed E-state index contributed by atoms with van der Waals surface area (Å²) < 4.78 is 7.29. The second-order valence-corrected chi connectivity index (χ2v) is 6.77. The van der Waals surface area contributed by atoms with Gasteiger partial charge in [-0.2, -0.15) is 4.98 Å². The lowest BCUT2D eigenvalue weighted by molar-refractivity contribution is 0.401.